The summed E-state index contributed by atoms with van der Waals surface area (Å²) in [4.78, 5) is 26.5. The van der Waals surface area contributed by atoms with Crippen LogP contribution in [-0.2, 0) is 32.5 Å². The average molecular weight is 484 g/mol. The predicted octanol–water partition coefficient (Wildman–Crippen LogP) is 3.05. The lowest BCUT2D eigenvalue weighted by Crippen LogP contribution is -2.43. The van der Waals surface area contributed by atoms with Gasteiger partial charge in [-0.2, -0.15) is 4.31 Å². The third-order valence-electron chi connectivity index (χ3n) is 6.86. The van der Waals surface area contributed by atoms with Gasteiger partial charge in [-0.1, -0.05) is 29.8 Å². The van der Waals surface area contributed by atoms with Crippen LogP contribution < -0.4 is 10.2 Å². The first kappa shape index (κ1) is 24.4. The molecule has 0 spiro atoms. The highest BCUT2D eigenvalue weighted by molar-refractivity contribution is 7.89. The standard InChI is InChI=1S/C26H33N3O4S/c1-18-5-4-6-21(15-18)9-12-27-26(31)22-10-13-28(14-11-22)34(32,33)24-7-8-25-23(17-24)16-19(2)29(25)20(3)30/h4-8,15,17,19,22H,9-14,16H2,1-3H3,(H,27,31). The Morgan fingerprint density at radius 2 is 1.82 bits per heavy atom. The second-order valence-electron chi connectivity index (χ2n) is 9.44. The first-order valence-corrected chi connectivity index (χ1v) is 13.4. The largest absolute Gasteiger partial charge is 0.356 e. The van der Waals surface area contributed by atoms with Crippen LogP contribution in [0.2, 0.25) is 0 Å². The number of hydrogen-bond acceptors (Lipinski definition) is 4. The Labute approximate surface area is 202 Å². The summed E-state index contributed by atoms with van der Waals surface area (Å²) in [6, 6.07) is 13.3. The topological polar surface area (TPSA) is 86.8 Å². The van der Waals surface area contributed by atoms with Crippen LogP contribution >= 0.6 is 0 Å². The Bertz CT molecular complexity index is 1190. The molecule has 8 heteroatoms. The van der Waals surface area contributed by atoms with Crippen LogP contribution in [0.1, 0.15) is 43.4 Å². The normalized spacial score (nSPS) is 19.1. The number of sulfonamides is 1. The van der Waals surface area contributed by atoms with Crippen molar-refractivity contribution in [3.05, 3.63) is 59.2 Å². The van der Waals surface area contributed by atoms with Gasteiger partial charge in [0.1, 0.15) is 0 Å². The minimum absolute atomic E-state index is 0.000503. The van der Waals surface area contributed by atoms with Crippen LogP contribution in [0.15, 0.2) is 47.4 Å². The number of carbonyl (C=O) groups is 2. The summed E-state index contributed by atoms with van der Waals surface area (Å²) in [6.07, 6.45) is 2.44. The zero-order chi connectivity index (χ0) is 24.5. The summed E-state index contributed by atoms with van der Waals surface area (Å²) in [5.41, 5.74) is 4.06. The molecular weight excluding hydrogens is 450 g/mol. The molecule has 1 fully saturated rings. The Morgan fingerprint density at radius 1 is 1.09 bits per heavy atom. The van der Waals surface area contributed by atoms with Crippen molar-refractivity contribution in [3.8, 4) is 0 Å². The van der Waals surface area contributed by atoms with Crippen molar-refractivity contribution in [2.75, 3.05) is 24.5 Å². The predicted molar refractivity (Wildman–Crippen MR) is 132 cm³/mol. The first-order valence-electron chi connectivity index (χ1n) is 11.9. The van der Waals surface area contributed by atoms with Crippen LogP contribution in [-0.4, -0.2) is 50.2 Å². The third kappa shape index (κ3) is 5.03. The van der Waals surface area contributed by atoms with Gasteiger partial charge in [-0.3, -0.25) is 9.59 Å². The summed E-state index contributed by atoms with van der Waals surface area (Å²) in [6.45, 7) is 6.77. The van der Waals surface area contributed by atoms with E-state index in [0.717, 1.165) is 17.7 Å². The smallest absolute Gasteiger partial charge is 0.243 e. The maximum Gasteiger partial charge on any atom is 0.243 e. The molecule has 0 aliphatic carbocycles. The van der Waals surface area contributed by atoms with Crippen LogP contribution in [0.25, 0.3) is 0 Å². The average Bonchev–Trinajstić information content (AvgIpc) is 3.14. The number of hydrogen-bond donors (Lipinski definition) is 1. The molecule has 1 saturated heterocycles. The number of anilines is 1. The number of carbonyl (C=O) groups excluding carboxylic acids is 2. The number of nitrogens with zero attached hydrogens (tertiary/aromatic N) is 2. The quantitative estimate of drug-likeness (QED) is 0.684. The fourth-order valence-electron chi connectivity index (χ4n) is 5.10. The molecule has 0 radical (unpaired) electrons. The third-order valence-corrected chi connectivity index (χ3v) is 8.76. The van der Waals surface area contributed by atoms with E-state index in [9.17, 15) is 18.0 Å². The van der Waals surface area contributed by atoms with E-state index in [1.165, 1.54) is 22.4 Å². The number of rotatable bonds is 6. The van der Waals surface area contributed by atoms with Crippen molar-refractivity contribution in [1.29, 1.82) is 0 Å². The van der Waals surface area contributed by atoms with Crippen molar-refractivity contribution in [3.63, 3.8) is 0 Å². The Morgan fingerprint density at radius 3 is 2.50 bits per heavy atom. The number of amides is 2. The number of nitrogens with one attached hydrogen (secondary N) is 1. The van der Waals surface area contributed by atoms with E-state index < -0.39 is 10.0 Å². The molecule has 1 unspecified atom stereocenters. The van der Waals surface area contributed by atoms with E-state index >= 15 is 0 Å². The van der Waals surface area contributed by atoms with E-state index in [-0.39, 0.29) is 28.7 Å². The number of aryl methyl sites for hydroxylation is 1. The van der Waals surface area contributed by atoms with Gasteiger partial charge in [0.2, 0.25) is 21.8 Å². The SMILES string of the molecule is CC(=O)N1c2ccc(S(=O)(=O)N3CCC(C(=O)NCCc4cccc(C)c4)CC3)cc2CC1C. The molecule has 2 aliphatic heterocycles. The molecular formula is C26H33N3O4S. The van der Waals surface area contributed by atoms with Crippen molar-refractivity contribution < 1.29 is 18.0 Å². The van der Waals surface area contributed by atoms with E-state index in [0.29, 0.717) is 38.9 Å². The maximum absolute atomic E-state index is 13.3. The maximum atomic E-state index is 13.3. The van der Waals surface area contributed by atoms with Gasteiger partial charge in [-0.05, 0) is 68.9 Å². The van der Waals surface area contributed by atoms with Crippen molar-refractivity contribution >= 4 is 27.5 Å². The summed E-state index contributed by atoms with van der Waals surface area (Å²) < 4.78 is 28.0. The van der Waals surface area contributed by atoms with Crippen molar-refractivity contribution in [2.45, 2.75) is 57.4 Å². The lowest BCUT2D eigenvalue weighted by atomic mass is 9.97. The van der Waals surface area contributed by atoms with E-state index in [2.05, 4.69) is 17.4 Å². The van der Waals surface area contributed by atoms with Gasteiger partial charge < -0.3 is 10.2 Å². The van der Waals surface area contributed by atoms with Gasteiger partial charge >= 0.3 is 0 Å². The molecule has 2 amide bonds. The van der Waals surface area contributed by atoms with E-state index in [4.69, 9.17) is 0 Å². The molecule has 0 aromatic heterocycles. The van der Waals surface area contributed by atoms with Crippen LogP contribution in [0.3, 0.4) is 0 Å². The summed E-state index contributed by atoms with van der Waals surface area (Å²) in [7, 11) is -3.65. The van der Waals surface area contributed by atoms with Crippen molar-refractivity contribution in [2.24, 2.45) is 5.92 Å². The van der Waals surface area contributed by atoms with Crippen LogP contribution in [0.4, 0.5) is 5.69 Å². The molecule has 1 N–H and O–H groups in total. The zero-order valence-electron chi connectivity index (χ0n) is 20.1. The molecule has 1 atom stereocenters. The highest BCUT2D eigenvalue weighted by Gasteiger charge is 2.34. The molecule has 182 valence electrons. The van der Waals surface area contributed by atoms with Gasteiger partial charge in [-0.25, -0.2) is 8.42 Å². The van der Waals surface area contributed by atoms with Crippen LogP contribution in [0.5, 0.6) is 0 Å². The molecule has 0 bridgehead atoms. The van der Waals surface area contributed by atoms with Gasteiger partial charge in [0.15, 0.2) is 0 Å². The monoisotopic (exact) mass is 483 g/mol. The summed E-state index contributed by atoms with van der Waals surface area (Å²) in [5, 5.41) is 3.01. The van der Waals surface area contributed by atoms with Gasteiger partial charge in [-0.15, -0.1) is 0 Å². The molecule has 34 heavy (non-hydrogen) atoms. The molecule has 7 nitrogen and oxygen atoms in total. The van der Waals surface area contributed by atoms with Gasteiger partial charge in [0.05, 0.1) is 4.90 Å². The minimum atomic E-state index is -3.65. The molecule has 2 aromatic carbocycles. The lowest BCUT2D eigenvalue weighted by molar-refractivity contribution is -0.126. The number of piperidine rings is 1. The molecule has 2 heterocycles. The zero-order valence-corrected chi connectivity index (χ0v) is 20.9. The fourth-order valence-corrected chi connectivity index (χ4v) is 6.62. The molecule has 0 saturated carbocycles. The minimum Gasteiger partial charge on any atom is -0.356 e. The Balaban J connectivity index is 1.33. The molecule has 2 aromatic rings. The highest BCUT2D eigenvalue weighted by atomic mass is 32.2. The highest BCUT2D eigenvalue weighted by Crippen LogP contribution is 2.35. The second-order valence-corrected chi connectivity index (χ2v) is 11.4. The second kappa shape index (κ2) is 9.88. The fraction of sp³-hybridized carbons (Fsp3) is 0.462. The first-order chi connectivity index (χ1) is 16.2. The van der Waals surface area contributed by atoms with Gasteiger partial charge in [0.25, 0.3) is 0 Å². The van der Waals surface area contributed by atoms with Crippen LogP contribution in [0, 0.1) is 12.8 Å². The van der Waals surface area contributed by atoms with E-state index in [1.54, 1.807) is 23.1 Å². The van der Waals surface area contributed by atoms with E-state index in [1.807, 2.05) is 26.0 Å². The Kier molecular flexibility index (Phi) is 7.09. The van der Waals surface area contributed by atoms with Crippen molar-refractivity contribution in [1.82, 2.24) is 9.62 Å². The summed E-state index contributed by atoms with van der Waals surface area (Å²) >= 11 is 0. The molecule has 2 aliphatic rings. The molecule has 4 rings (SSSR count). The number of benzene rings is 2. The lowest BCUT2D eigenvalue weighted by Gasteiger charge is -2.30. The summed E-state index contributed by atoms with van der Waals surface area (Å²) in [5.74, 6) is -0.212. The van der Waals surface area contributed by atoms with Gasteiger partial charge in [0, 0.05) is 44.2 Å². The number of fused-ring (bicyclic) bond motifs is 1. The Hall–Kier alpha value is -2.71.